The fourth-order valence-electron chi connectivity index (χ4n) is 4.19. The molecule has 1 aliphatic rings. The summed E-state index contributed by atoms with van der Waals surface area (Å²) < 4.78 is 0. The molecular formula is C23H21N3. The molecule has 0 fully saturated rings. The van der Waals surface area contributed by atoms with E-state index < -0.39 is 6.29 Å². The summed E-state index contributed by atoms with van der Waals surface area (Å²) in [6.07, 6.45) is -0.480. The highest BCUT2D eigenvalue weighted by atomic mass is 15.3. The molecule has 4 aromatic carbocycles. The van der Waals surface area contributed by atoms with Gasteiger partial charge in [-0.3, -0.25) is 4.90 Å². The number of hydrogen-bond acceptors (Lipinski definition) is 3. The van der Waals surface area contributed by atoms with E-state index in [4.69, 9.17) is 11.5 Å². The number of nitrogens with zero attached hydrogens (tertiary/aromatic N) is 1. The molecule has 0 atom stereocenters. The first kappa shape index (κ1) is 15.5. The molecule has 0 saturated heterocycles. The Morgan fingerprint density at radius 1 is 0.615 bits per heavy atom. The van der Waals surface area contributed by atoms with Crippen molar-refractivity contribution >= 4 is 21.5 Å². The van der Waals surface area contributed by atoms with Crippen molar-refractivity contribution in [1.82, 2.24) is 4.90 Å². The van der Waals surface area contributed by atoms with Gasteiger partial charge in [-0.25, -0.2) is 0 Å². The molecular weight excluding hydrogens is 318 g/mol. The van der Waals surface area contributed by atoms with Gasteiger partial charge in [0.25, 0.3) is 0 Å². The third kappa shape index (κ3) is 2.33. The molecule has 1 aliphatic heterocycles. The van der Waals surface area contributed by atoms with Crippen molar-refractivity contribution in [2.75, 3.05) is 0 Å². The van der Waals surface area contributed by atoms with Crippen LogP contribution in [0.3, 0.4) is 0 Å². The second-order valence-corrected chi connectivity index (χ2v) is 7.04. The highest BCUT2D eigenvalue weighted by Crippen LogP contribution is 2.41. The van der Waals surface area contributed by atoms with E-state index in [1.165, 1.54) is 43.8 Å². The minimum Gasteiger partial charge on any atom is -0.304 e. The molecule has 0 unspecified atom stereocenters. The number of benzene rings is 4. The minimum atomic E-state index is -0.480. The Labute approximate surface area is 152 Å². The predicted octanol–water partition coefficient (Wildman–Crippen LogP) is 4.18. The second-order valence-electron chi connectivity index (χ2n) is 7.04. The molecule has 0 aliphatic carbocycles. The van der Waals surface area contributed by atoms with Gasteiger partial charge in [0.05, 0.1) is 0 Å². The van der Waals surface area contributed by atoms with E-state index in [1.54, 1.807) is 0 Å². The first-order chi connectivity index (χ1) is 12.7. The summed E-state index contributed by atoms with van der Waals surface area (Å²) in [4.78, 5) is 2.13. The van der Waals surface area contributed by atoms with Gasteiger partial charge in [0, 0.05) is 13.1 Å². The third-order valence-electron chi connectivity index (χ3n) is 5.45. The summed E-state index contributed by atoms with van der Waals surface area (Å²) in [7, 11) is 0. The van der Waals surface area contributed by atoms with Gasteiger partial charge < -0.3 is 11.5 Å². The summed E-state index contributed by atoms with van der Waals surface area (Å²) >= 11 is 0. The lowest BCUT2D eigenvalue weighted by Crippen LogP contribution is -2.47. The Kier molecular flexibility index (Phi) is 3.54. The van der Waals surface area contributed by atoms with Crippen molar-refractivity contribution in [1.29, 1.82) is 0 Å². The van der Waals surface area contributed by atoms with Crippen LogP contribution in [0.2, 0.25) is 0 Å². The number of rotatable bonds is 1. The van der Waals surface area contributed by atoms with Gasteiger partial charge in [0.15, 0.2) is 0 Å². The van der Waals surface area contributed by atoms with E-state index in [1.807, 2.05) is 0 Å². The first-order valence-electron chi connectivity index (χ1n) is 8.99. The quantitative estimate of drug-likeness (QED) is 0.512. The predicted molar refractivity (Wildman–Crippen MR) is 108 cm³/mol. The van der Waals surface area contributed by atoms with Crippen LogP contribution >= 0.6 is 0 Å². The Morgan fingerprint density at radius 2 is 1.08 bits per heavy atom. The Hall–Kier alpha value is -2.72. The lowest BCUT2D eigenvalue weighted by atomic mass is 9.88. The minimum absolute atomic E-state index is 0.480. The van der Waals surface area contributed by atoms with Gasteiger partial charge in [-0.05, 0) is 43.8 Å². The number of fused-ring (bicyclic) bond motifs is 7. The molecule has 1 heterocycles. The Morgan fingerprint density at radius 3 is 1.54 bits per heavy atom. The van der Waals surface area contributed by atoms with E-state index in [9.17, 15) is 0 Å². The summed E-state index contributed by atoms with van der Waals surface area (Å²) in [6, 6.07) is 26.1. The van der Waals surface area contributed by atoms with Crippen LogP contribution in [0.5, 0.6) is 0 Å². The van der Waals surface area contributed by atoms with Crippen molar-refractivity contribution in [3.05, 3.63) is 83.9 Å². The molecule has 4 aromatic rings. The fourth-order valence-corrected chi connectivity index (χ4v) is 4.19. The summed E-state index contributed by atoms with van der Waals surface area (Å²) in [5.41, 5.74) is 17.3. The maximum Gasteiger partial charge on any atom is 0.109 e. The zero-order valence-corrected chi connectivity index (χ0v) is 14.5. The molecule has 5 rings (SSSR count). The van der Waals surface area contributed by atoms with Crippen LogP contribution in [0, 0.1) is 0 Å². The van der Waals surface area contributed by atoms with Gasteiger partial charge in [-0.15, -0.1) is 0 Å². The van der Waals surface area contributed by atoms with E-state index in [0.717, 1.165) is 13.1 Å². The van der Waals surface area contributed by atoms with Crippen LogP contribution in [-0.4, -0.2) is 11.2 Å². The van der Waals surface area contributed by atoms with Crippen molar-refractivity contribution in [3.63, 3.8) is 0 Å². The first-order valence-corrected chi connectivity index (χ1v) is 8.99. The average molecular weight is 339 g/mol. The Bertz CT molecular complexity index is 1040. The lowest BCUT2D eigenvalue weighted by Gasteiger charge is -2.24. The molecule has 0 spiro atoms. The van der Waals surface area contributed by atoms with E-state index in [0.29, 0.717) is 0 Å². The van der Waals surface area contributed by atoms with Crippen LogP contribution < -0.4 is 11.5 Å². The molecule has 0 bridgehead atoms. The second kappa shape index (κ2) is 5.92. The molecule has 3 nitrogen and oxygen atoms in total. The van der Waals surface area contributed by atoms with Crippen LogP contribution in [0.15, 0.2) is 72.8 Å². The van der Waals surface area contributed by atoms with E-state index >= 15 is 0 Å². The highest BCUT2D eigenvalue weighted by Gasteiger charge is 2.24. The summed E-state index contributed by atoms with van der Waals surface area (Å²) in [5.74, 6) is 0. The number of nitrogens with two attached hydrogens (primary N) is 2. The van der Waals surface area contributed by atoms with Crippen LogP contribution in [-0.2, 0) is 13.1 Å². The van der Waals surface area contributed by atoms with Gasteiger partial charge in [0.2, 0.25) is 0 Å². The van der Waals surface area contributed by atoms with Gasteiger partial charge in [-0.1, -0.05) is 72.8 Å². The molecule has 0 radical (unpaired) electrons. The molecule has 0 amide bonds. The largest absolute Gasteiger partial charge is 0.304 e. The average Bonchev–Trinajstić information content (AvgIpc) is 2.85. The Balaban J connectivity index is 1.94. The van der Waals surface area contributed by atoms with Gasteiger partial charge >= 0.3 is 0 Å². The maximum absolute atomic E-state index is 6.08. The smallest absolute Gasteiger partial charge is 0.109 e. The van der Waals surface area contributed by atoms with Crippen LogP contribution in [0.25, 0.3) is 32.7 Å². The zero-order chi connectivity index (χ0) is 17.7. The monoisotopic (exact) mass is 339 g/mol. The van der Waals surface area contributed by atoms with Crippen molar-refractivity contribution in [2.24, 2.45) is 11.5 Å². The van der Waals surface area contributed by atoms with Gasteiger partial charge in [-0.2, -0.15) is 0 Å². The molecule has 0 saturated carbocycles. The van der Waals surface area contributed by atoms with Crippen molar-refractivity contribution in [3.8, 4) is 11.1 Å². The fraction of sp³-hybridized carbons (Fsp3) is 0.130. The van der Waals surface area contributed by atoms with Crippen LogP contribution in [0.1, 0.15) is 11.1 Å². The van der Waals surface area contributed by atoms with Crippen molar-refractivity contribution in [2.45, 2.75) is 19.4 Å². The molecule has 0 aromatic heterocycles. The van der Waals surface area contributed by atoms with E-state index in [-0.39, 0.29) is 0 Å². The molecule has 3 heteroatoms. The SMILES string of the molecule is NC(N)N1Cc2ccc3ccccc3c2-c2c(ccc3ccccc23)C1. The van der Waals surface area contributed by atoms with Crippen LogP contribution in [0.4, 0.5) is 0 Å². The maximum atomic E-state index is 6.08. The lowest BCUT2D eigenvalue weighted by molar-refractivity contribution is 0.188. The normalized spacial score (nSPS) is 14.4. The van der Waals surface area contributed by atoms with E-state index in [2.05, 4.69) is 77.7 Å². The molecule has 128 valence electrons. The van der Waals surface area contributed by atoms with Gasteiger partial charge in [0.1, 0.15) is 6.29 Å². The third-order valence-corrected chi connectivity index (χ3v) is 5.45. The standard InChI is InChI=1S/C23H21N3/c24-23(25)26-13-17-11-9-15-5-1-3-7-19(15)21(17)22-18(14-26)12-10-16-6-2-4-8-20(16)22/h1-12,23H,13-14,24-25H2. The topological polar surface area (TPSA) is 55.3 Å². The zero-order valence-electron chi connectivity index (χ0n) is 14.5. The highest BCUT2D eigenvalue weighted by molar-refractivity contribution is 6.08. The summed E-state index contributed by atoms with van der Waals surface area (Å²) in [6.45, 7) is 1.50. The molecule has 26 heavy (non-hydrogen) atoms. The van der Waals surface area contributed by atoms with Crippen molar-refractivity contribution < 1.29 is 0 Å². The summed E-state index contributed by atoms with van der Waals surface area (Å²) in [5, 5.41) is 5.09. The number of hydrogen-bond donors (Lipinski definition) is 2. The molecule has 4 N–H and O–H groups in total.